The molecule has 1 aliphatic rings. The lowest BCUT2D eigenvalue weighted by Gasteiger charge is -2.18. The van der Waals surface area contributed by atoms with Gasteiger partial charge >= 0.3 is 0 Å². The van der Waals surface area contributed by atoms with E-state index in [1.54, 1.807) is 13.8 Å². The van der Waals surface area contributed by atoms with Crippen LogP contribution in [0.2, 0.25) is 0 Å². The molecule has 1 rings (SSSR count). The van der Waals surface area contributed by atoms with Crippen molar-refractivity contribution in [2.45, 2.75) is 38.4 Å². The summed E-state index contributed by atoms with van der Waals surface area (Å²) in [6, 6.07) is 0. The molecule has 2 heteroatoms. The minimum Gasteiger partial charge on any atom is -0.390 e. The molecule has 0 amide bonds. The van der Waals surface area contributed by atoms with Crippen molar-refractivity contribution in [3.05, 3.63) is 0 Å². The molecule has 1 saturated heterocycles. The minimum absolute atomic E-state index is 0.0156. The van der Waals surface area contributed by atoms with Gasteiger partial charge in [0.05, 0.1) is 17.8 Å². The minimum atomic E-state index is -0.578. The highest BCUT2D eigenvalue weighted by atomic mass is 16.6. The standard InChI is InChI=1S/C7H14O2/c1-6(2,8)4-7(3)5-9-7/h8H,4-5H2,1-3H3. The maximum atomic E-state index is 9.31. The Morgan fingerprint density at radius 3 is 2.22 bits per heavy atom. The van der Waals surface area contributed by atoms with Crippen molar-refractivity contribution in [3.8, 4) is 0 Å². The van der Waals surface area contributed by atoms with Crippen LogP contribution in [0.25, 0.3) is 0 Å². The smallest absolute Gasteiger partial charge is 0.0915 e. The summed E-state index contributed by atoms with van der Waals surface area (Å²) >= 11 is 0. The third-order valence-electron chi connectivity index (χ3n) is 1.44. The van der Waals surface area contributed by atoms with Gasteiger partial charge in [-0.25, -0.2) is 0 Å². The zero-order valence-corrected chi connectivity index (χ0v) is 6.27. The molecule has 0 aromatic carbocycles. The van der Waals surface area contributed by atoms with E-state index in [0.29, 0.717) is 0 Å². The summed E-state index contributed by atoms with van der Waals surface area (Å²) in [6.07, 6.45) is 0.736. The molecular weight excluding hydrogens is 116 g/mol. The first-order valence-corrected chi connectivity index (χ1v) is 3.28. The van der Waals surface area contributed by atoms with Gasteiger partial charge in [-0.2, -0.15) is 0 Å². The molecule has 1 aliphatic heterocycles. The van der Waals surface area contributed by atoms with Gasteiger partial charge in [0.15, 0.2) is 0 Å². The van der Waals surface area contributed by atoms with E-state index in [4.69, 9.17) is 4.74 Å². The fraction of sp³-hybridized carbons (Fsp3) is 1.00. The van der Waals surface area contributed by atoms with E-state index in [0.717, 1.165) is 13.0 Å². The topological polar surface area (TPSA) is 32.8 Å². The maximum absolute atomic E-state index is 9.31. The van der Waals surface area contributed by atoms with E-state index in [1.165, 1.54) is 0 Å². The number of rotatable bonds is 2. The third kappa shape index (κ3) is 2.33. The van der Waals surface area contributed by atoms with Gasteiger partial charge < -0.3 is 9.84 Å². The van der Waals surface area contributed by atoms with Crippen LogP contribution < -0.4 is 0 Å². The predicted molar refractivity (Wildman–Crippen MR) is 35.3 cm³/mol. The van der Waals surface area contributed by atoms with E-state index in [2.05, 4.69) is 0 Å². The number of aliphatic hydroxyl groups is 1. The van der Waals surface area contributed by atoms with Crippen molar-refractivity contribution in [1.82, 2.24) is 0 Å². The highest BCUT2D eigenvalue weighted by Crippen LogP contribution is 2.34. The average molecular weight is 130 g/mol. The van der Waals surface area contributed by atoms with Crippen LogP contribution >= 0.6 is 0 Å². The third-order valence-corrected chi connectivity index (χ3v) is 1.44. The second-order valence-electron chi connectivity index (χ2n) is 3.73. The summed E-state index contributed by atoms with van der Waals surface area (Å²) in [5.41, 5.74) is -0.594. The molecule has 1 fully saturated rings. The first-order valence-electron chi connectivity index (χ1n) is 3.28. The van der Waals surface area contributed by atoms with Gasteiger partial charge in [0.25, 0.3) is 0 Å². The predicted octanol–water partition coefficient (Wildman–Crippen LogP) is 0.936. The van der Waals surface area contributed by atoms with Crippen LogP contribution in [0.3, 0.4) is 0 Å². The van der Waals surface area contributed by atoms with Gasteiger partial charge in [0, 0.05) is 6.42 Å². The summed E-state index contributed by atoms with van der Waals surface area (Å²) in [4.78, 5) is 0. The molecule has 0 spiro atoms. The highest BCUT2D eigenvalue weighted by molar-refractivity contribution is 4.92. The molecule has 2 nitrogen and oxygen atoms in total. The molecule has 0 aliphatic carbocycles. The van der Waals surface area contributed by atoms with Crippen LogP contribution in [0.15, 0.2) is 0 Å². The zero-order valence-electron chi connectivity index (χ0n) is 6.27. The Labute approximate surface area is 55.8 Å². The quantitative estimate of drug-likeness (QED) is 0.564. The molecule has 0 bridgehead atoms. The molecule has 0 aromatic rings. The Kier molecular flexibility index (Phi) is 1.33. The molecule has 0 saturated carbocycles. The molecule has 0 radical (unpaired) electrons. The fourth-order valence-corrected chi connectivity index (χ4v) is 1.14. The van der Waals surface area contributed by atoms with E-state index >= 15 is 0 Å². The number of hydrogen-bond acceptors (Lipinski definition) is 2. The first-order chi connectivity index (χ1) is 3.91. The van der Waals surface area contributed by atoms with Crippen LogP contribution in [-0.4, -0.2) is 22.9 Å². The van der Waals surface area contributed by atoms with E-state index in [1.807, 2.05) is 6.92 Å². The summed E-state index contributed by atoms with van der Waals surface area (Å²) in [5, 5.41) is 9.31. The summed E-state index contributed by atoms with van der Waals surface area (Å²) in [6.45, 7) is 6.43. The Bertz CT molecular complexity index is 105. The van der Waals surface area contributed by atoms with Crippen molar-refractivity contribution < 1.29 is 9.84 Å². The number of epoxide rings is 1. The van der Waals surface area contributed by atoms with Crippen molar-refractivity contribution >= 4 is 0 Å². The SMILES string of the molecule is CC(C)(O)CC1(C)CO1. The van der Waals surface area contributed by atoms with Gasteiger partial charge in [-0.15, -0.1) is 0 Å². The average Bonchev–Trinajstić information content (AvgIpc) is 2.12. The monoisotopic (exact) mass is 130 g/mol. The lowest BCUT2D eigenvalue weighted by atomic mass is 9.96. The lowest BCUT2D eigenvalue weighted by Crippen LogP contribution is -2.26. The van der Waals surface area contributed by atoms with E-state index < -0.39 is 5.60 Å². The van der Waals surface area contributed by atoms with Gasteiger partial charge in [0.2, 0.25) is 0 Å². The Hall–Kier alpha value is -0.0800. The van der Waals surface area contributed by atoms with E-state index in [-0.39, 0.29) is 5.60 Å². The van der Waals surface area contributed by atoms with Crippen molar-refractivity contribution in [2.24, 2.45) is 0 Å². The van der Waals surface area contributed by atoms with Crippen LogP contribution in [0.4, 0.5) is 0 Å². The molecule has 1 N–H and O–H groups in total. The fourth-order valence-electron chi connectivity index (χ4n) is 1.14. The molecule has 1 heterocycles. The summed E-state index contributed by atoms with van der Waals surface area (Å²) in [7, 11) is 0. The van der Waals surface area contributed by atoms with Crippen molar-refractivity contribution in [3.63, 3.8) is 0 Å². The second kappa shape index (κ2) is 1.70. The van der Waals surface area contributed by atoms with Crippen LogP contribution in [0, 0.1) is 0 Å². The molecular formula is C7H14O2. The highest BCUT2D eigenvalue weighted by Gasteiger charge is 2.42. The molecule has 54 valence electrons. The van der Waals surface area contributed by atoms with Gasteiger partial charge in [-0.05, 0) is 20.8 Å². The number of hydrogen-bond donors (Lipinski definition) is 1. The molecule has 1 unspecified atom stereocenters. The Morgan fingerprint density at radius 2 is 2.11 bits per heavy atom. The second-order valence-corrected chi connectivity index (χ2v) is 3.73. The van der Waals surface area contributed by atoms with Gasteiger partial charge in [-0.1, -0.05) is 0 Å². The van der Waals surface area contributed by atoms with Crippen LogP contribution in [0.5, 0.6) is 0 Å². The van der Waals surface area contributed by atoms with E-state index in [9.17, 15) is 5.11 Å². The zero-order chi connectivity index (χ0) is 7.12. The summed E-state index contributed by atoms with van der Waals surface area (Å²) in [5.74, 6) is 0. The van der Waals surface area contributed by atoms with Crippen molar-refractivity contribution in [2.75, 3.05) is 6.61 Å². The number of ether oxygens (including phenoxy) is 1. The first kappa shape index (κ1) is 7.03. The van der Waals surface area contributed by atoms with Gasteiger partial charge in [0.1, 0.15) is 0 Å². The van der Waals surface area contributed by atoms with Crippen LogP contribution in [-0.2, 0) is 4.74 Å². The molecule has 9 heavy (non-hydrogen) atoms. The lowest BCUT2D eigenvalue weighted by molar-refractivity contribution is 0.0465. The molecule has 1 atom stereocenters. The normalized spacial score (nSPS) is 34.7. The van der Waals surface area contributed by atoms with Gasteiger partial charge in [-0.3, -0.25) is 0 Å². The summed E-state index contributed by atoms with van der Waals surface area (Å²) < 4.78 is 5.11. The van der Waals surface area contributed by atoms with Crippen LogP contribution in [0.1, 0.15) is 27.2 Å². The largest absolute Gasteiger partial charge is 0.390 e. The Balaban J connectivity index is 2.33. The van der Waals surface area contributed by atoms with Crippen molar-refractivity contribution in [1.29, 1.82) is 0 Å². The molecule has 0 aromatic heterocycles. The maximum Gasteiger partial charge on any atom is 0.0915 e. The Morgan fingerprint density at radius 1 is 1.67 bits per heavy atom.